The van der Waals surface area contributed by atoms with Gasteiger partial charge in [-0.2, -0.15) is 0 Å². The molecule has 1 nitrogen and oxygen atoms in total. The third-order valence-electron chi connectivity index (χ3n) is 5.31. The van der Waals surface area contributed by atoms with Gasteiger partial charge < -0.3 is 5.32 Å². The van der Waals surface area contributed by atoms with Crippen LogP contribution in [0.2, 0.25) is 0 Å². The molecule has 1 heteroatoms. The van der Waals surface area contributed by atoms with Crippen LogP contribution >= 0.6 is 0 Å². The molecule has 2 atom stereocenters. The monoisotopic (exact) mass is 237 g/mol. The van der Waals surface area contributed by atoms with E-state index < -0.39 is 0 Å². The van der Waals surface area contributed by atoms with Crippen molar-refractivity contribution in [2.45, 2.75) is 77.7 Å². The molecule has 3 aliphatic carbocycles. The predicted octanol–water partition coefficient (Wildman–Crippen LogP) is 4.37. The van der Waals surface area contributed by atoms with Crippen LogP contribution in [0.5, 0.6) is 0 Å². The maximum atomic E-state index is 3.54. The highest BCUT2D eigenvalue weighted by molar-refractivity contribution is 4.97. The highest BCUT2D eigenvalue weighted by atomic mass is 14.9. The van der Waals surface area contributed by atoms with E-state index in [0.717, 1.165) is 23.3 Å². The lowest BCUT2D eigenvalue weighted by Gasteiger charge is -2.52. The second-order valence-corrected chi connectivity index (χ2v) is 6.99. The van der Waals surface area contributed by atoms with Crippen molar-refractivity contribution in [1.82, 2.24) is 5.32 Å². The summed E-state index contributed by atoms with van der Waals surface area (Å²) in [5.74, 6) is 2.07. The van der Waals surface area contributed by atoms with Crippen LogP contribution in [0.15, 0.2) is 0 Å². The van der Waals surface area contributed by atoms with E-state index in [9.17, 15) is 0 Å². The standard InChI is InChI=1S/C16H31N/c1-4-6-15(17-3)12-16-8-5-7-13(2)9-14(10-16)11-16/h13-15,17H,4-12H2,1-3H3. The molecule has 3 fully saturated rings. The molecule has 17 heavy (non-hydrogen) atoms. The Bertz CT molecular complexity index is 224. The lowest BCUT2D eigenvalue weighted by atomic mass is 9.54. The average molecular weight is 237 g/mol. The fourth-order valence-corrected chi connectivity index (χ4v) is 4.54. The van der Waals surface area contributed by atoms with Gasteiger partial charge in [0.15, 0.2) is 0 Å². The summed E-state index contributed by atoms with van der Waals surface area (Å²) in [6.45, 7) is 4.77. The summed E-state index contributed by atoms with van der Waals surface area (Å²) in [5.41, 5.74) is 0.744. The average Bonchev–Trinajstić information content (AvgIpc) is 2.22. The first-order valence-corrected chi connectivity index (χ1v) is 7.85. The smallest absolute Gasteiger partial charge is 0.00692 e. The van der Waals surface area contributed by atoms with Crippen LogP contribution in [0.25, 0.3) is 0 Å². The molecular formula is C16H31N. The lowest BCUT2D eigenvalue weighted by Crippen LogP contribution is -2.44. The maximum absolute atomic E-state index is 3.54. The number of hydrogen-bond acceptors (Lipinski definition) is 1. The van der Waals surface area contributed by atoms with Crippen LogP contribution in [0.3, 0.4) is 0 Å². The topological polar surface area (TPSA) is 12.0 Å². The molecule has 2 bridgehead atoms. The van der Waals surface area contributed by atoms with Gasteiger partial charge >= 0.3 is 0 Å². The van der Waals surface area contributed by atoms with Crippen LogP contribution in [-0.2, 0) is 0 Å². The summed E-state index contributed by atoms with van der Waals surface area (Å²) in [6, 6.07) is 0.776. The van der Waals surface area contributed by atoms with Crippen LogP contribution in [-0.4, -0.2) is 13.1 Å². The van der Waals surface area contributed by atoms with E-state index in [2.05, 4.69) is 26.2 Å². The molecule has 1 N–H and O–H groups in total. The summed E-state index contributed by atoms with van der Waals surface area (Å²) < 4.78 is 0. The highest BCUT2D eigenvalue weighted by Gasteiger charge is 2.45. The summed E-state index contributed by atoms with van der Waals surface area (Å²) in [6.07, 6.45) is 13.2. The van der Waals surface area contributed by atoms with E-state index in [1.807, 2.05) is 0 Å². The van der Waals surface area contributed by atoms with E-state index in [-0.39, 0.29) is 0 Å². The minimum absolute atomic E-state index is 0.744. The Morgan fingerprint density at radius 1 is 1.35 bits per heavy atom. The quantitative estimate of drug-likeness (QED) is 0.748. The number of fused-ring (bicyclic) bond motifs is 4. The summed E-state index contributed by atoms with van der Waals surface area (Å²) in [5, 5.41) is 3.54. The Morgan fingerprint density at radius 2 is 2.12 bits per heavy atom. The van der Waals surface area contributed by atoms with Gasteiger partial charge in [0.1, 0.15) is 0 Å². The van der Waals surface area contributed by atoms with Crippen molar-refractivity contribution >= 4 is 0 Å². The minimum Gasteiger partial charge on any atom is -0.317 e. The van der Waals surface area contributed by atoms with Gasteiger partial charge in [0.2, 0.25) is 0 Å². The molecular weight excluding hydrogens is 206 g/mol. The van der Waals surface area contributed by atoms with Crippen LogP contribution < -0.4 is 5.32 Å². The number of nitrogens with one attached hydrogen (secondary N) is 1. The SMILES string of the molecule is CCCC(CC12CCCC(C)CC(C1)C2)NC. The van der Waals surface area contributed by atoms with Gasteiger partial charge in [0.05, 0.1) is 0 Å². The normalized spacial score (nSPS) is 39.0. The van der Waals surface area contributed by atoms with Crippen molar-refractivity contribution < 1.29 is 0 Å². The van der Waals surface area contributed by atoms with Crippen LogP contribution in [0.4, 0.5) is 0 Å². The highest BCUT2D eigenvalue weighted by Crippen LogP contribution is 2.56. The second kappa shape index (κ2) is 5.73. The molecule has 0 aliphatic heterocycles. The Morgan fingerprint density at radius 3 is 2.76 bits per heavy atom. The van der Waals surface area contributed by atoms with Gasteiger partial charge in [-0.25, -0.2) is 0 Å². The van der Waals surface area contributed by atoms with Gasteiger partial charge in [0.25, 0.3) is 0 Å². The molecule has 3 rings (SSSR count). The van der Waals surface area contributed by atoms with Crippen molar-refractivity contribution in [3.63, 3.8) is 0 Å². The van der Waals surface area contributed by atoms with Crippen LogP contribution in [0.1, 0.15) is 71.6 Å². The van der Waals surface area contributed by atoms with Gasteiger partial charge in [-0.1, -0.05) is 33.1 Å². The van der Waals surface area contributed by atoms with E-state index in [4.69, 9.17) is 0 Å². The van der Waals surface area contributed by atoms with Crippen molar-refractivity contribution in [3.8, 4) is 0 Å². The molecule has 0 heterocycles. The van der Waals surface area contributed by atoms with Gasteiger partial charge in [-0.3, -0.25) is 0 Å². The molecule has 0 aromatic heterocycles. The van der Waals surface area contributed by atoms with Gasteiger partial charge in [-0.15, -0.1) is 0 Å². The molecule has 2 unspecified atom stereocenters. The Balaban J connectivity index is 1.87. The third-order valence-corrected chi connectivity index (χ3v) is 5.31. The van der Waals surface area contributed by atoms with Crippen molar-refractivity contribution in [1.29, 1.82) is 0 Å². The number of rotatable bonds is 5. The number of hydrogen-bond donors (Lipinski definition) is 1. The molecule has 3 aliphatic rings. The molecule has 100 valence electrons. The Kier molecular flexibility index (Phi) is 4.52. The van der Waals surface area contributed by atoms with Crippen LogP contribution in [0, 0.1) is 17.3 Å². The predicted molar refractivity (Wildman–Crippen MR) is 75.2 cm³/mol. The van der Waals surface area contributed by atoms with Gasteiger partial charge in [-0.05, 0) is 62.8 Å². The first-order chi connectivity index (χ1) is 8.17. The zero-order valence-corrected chi connectivity index (χ0v) is 12.1. The first-order valence-electron chi connectivity index (χ1n) is 7.85. The molecule has 0 saturated heterocycles. The fraction of sp³-hybridized carbons (Fsp3) is 1.00. The van der Waals surface area contributed by atoms with Crippen molar-refractivity contribution in [3.05, 3.63) is 0 Å². The Hall–Kier alpha value is -0.0400. The van der Waals surface area contributed by atoms with E-state index >= 15 is 0 Å². The molecule has 0 radical (unpaired) electrons. The molecule has 0 spiro atoms. The largest absolute Gasteiger partial charge is 0.317 e. The summed E-state index contributed by atoms with van der Waals surface area (Å²) >= 11 is 0. The van der Waals surface area contributed by atoms with E-state index in [1.54, 1.807) is 12.8 Å². The minimum atomic E-state index is 0.744. The molecule has 0 aromatic carbocycles. The van der Waals surface area contributed by atoms with Crippen molar-refractivity contribution in [2.75, 3.05) is 7.05 Å². The zero-order valence-electron chi connectivity index (χ0n) is 12.1. The fourth-order valence-electron chi connectivity index (χ4n) is 4.54. The van der Waals surface area contributed by atoms with Gasteiger partial charge in [0, 0.05) is 6.04 Å². The second-order valence-electron chi connectivity index (χ2n) is 6.99. The summed E-state index contributed by atoms with van der Waals surface area (Å²) in [4.78, 5) is 0. The Labute approximate surface area is 108 Å². The first kappa shape index (κ1) is 13.4. The maximum Gasteiger partial charge on any atom is 0.00692 e. The van der Waals surface area contributed by atoms with Crippen molar-refractivity contribution in [2.24, 2.45) is 17.3 Å². The molecule has 0 amide bonds. The summed E-state index contributed by atoms with van der Waals surface area (Å²) in [7, 11) is 2.15. The van der Waals surface area contributed by atoms with E-state index in [1.165, 1.54) is 44.9 Å². The lowest BCUT2D eigenvalue weighted by molar-refractivity contribution is -0.00443. The zero-order chi connectivity index (χ0) is 12.3. The third kappa shape index (κ3) is 3.24. The van der Waals surface area contributed by atoms with E-state index in [0.29, 0.717) is 0 Å². The molecule has 3 saturated carbocycles. The molecule has 0 aromatic rings.